The Morgan fingerprint density at radius 3 is 2.39 bits per heavy atom. The van der Waals surface area contributed by atoms with E-state index in [1.165, 1.54) is 6.42 Å². The lowest BCUT2D eigenvalue weighted by atomic mass is 10.1. The van der Waals surface area contributed by atoms with Crippen molar-refractivity contribution in [3.63, 3.8) is 0 Å². The van der Waals surface area contributed by atoms with Crippen LogP contribution in [0.3, 0.4) is 0 Å². The summed E-state index contributed by atoms with van der Waals surface area (Å²) in [5.41, 5.74) is 7.03. The maximum atomic E-state index is 13.8. The summed E-state index contributed by atoms with van der Waals surface area (Å²) in [6.07, 6.45) is 17.4. The van der Waals surface area contributed by atoms with E-state index in [1.54, 1.807) is 12.4 Å². The third kappa shape index (κ3) is 9.84. The molecular formula is C35H51N7O2. The van der Waals surface area contributed by atoms with Crippen molar-refractivity contribution in [3.8, 4) is 0 Å². The molecule has 0 aromatic carbocycles. The lowest BCUT2D eigenvalue weighted by molar-refractivity contribution is -0.121. The van der Waals surface area contributed by atoms with Gasteiger partial charge in [-0.15, -0.1) is 0 Å². The molecule has 1 aromatic heterocycles. The first-order valence-corrected chi connectivity index (χ1v) is 15.9. The van der Waals surface area contributed by atoms with E-state index in [1.807, 2.05) is 70.7 Å². The largest absolute Gasteiger partial charge is 0.325 e. The molecule has 3 heterocycles. The summed E-state index contributed by atoms with van der Waals surface area (Å²) in [4.78, 5) is 38.5. The van der Waals surface area contributed by atoms with E-state index in [4.69, 9.17) is 9.98 Å². The summed E-state index contributed by atoms with van der Waals surface area (Å²) < 4.78 is 1.86. The molecule has 0 radical (unpaired) electrons. The third-order valence-electron chi connectivity index (χ3n) is 7.93. The molecule has 0 aliphatic carbocycles. The van der Waals surface area contributed by atoms with Crippen LogP contribution in [-0.4, -0.2) is 64.6 Å². The van der Waals surface area contributed by atoms with Crippen LogP contribution in [0.25, 0.3) is 5.70 Å². The molecule has 238 valence electrons. The average Bonchev–Trinajstić information content (AvgIpc) is 3.28. The summed E-state index contributed by atoms with van der Waals surface area (Å²) in [5.74, 6) is -0.335. The molecule has 1 atom stereocenters. The van der Waals surface area contributed by atoms with Gasteiger partial charge in [0.2, 0.25) is 5.91 Å². The van der Waals surface area contributed by atoms with Crippen molar-refractivity contribution < 1.29 is 9.59 Å². The standard InChI is InChI=1S/C35H51N7O2/c1-9-11-13-16-29(38-33(43)23-42-17-14-12-15-18-42)20-31(24(3)4)39-35(44)30-22-36-28(10-2)19-32(37-21-25(30)5)34-26(6)40-41(8)27(34)7/h13,16,19-22,28H,9-12,14-15,17-18,23H2,1-8H3,(H,38,43)(H,39,44)/b16-13+,29-20+,30-25-,32-19-,36-22?,37-21-. The van der Waals surface area contributed by atoms with Gasteiger partial charge in [0.05, 0.1) is 29.6 Å². The van der Waals surface area contributed by atoms with Gasteiger partial charge in [-0.25, -0.2) is 0 Å². The molecule has 0 spiro atoms. The van der Waals surface area contributed by atoms with Crippen LogP contribution in [0.4, 0.5) is 0 Å². The maximum absolute atomic E-state index is 13.8. The minimum atomic E-state index is -0.284. The fourth-order valence-corrected chi connectivity index (χ4v) is 5.20. The zero-order valence-corrected chi connectivity index (χ0v) is 28.0. The van der Waals surface area contributed by atoms with Crippen molar-refractivity contribution in [2.45, 2.75) is 93.0 Å². The van der Waals surface area contributed by atoms with Crippen LogP contribution in [-0.2, 0) is 16.6 Å². The number of amides is 2. The van der Waals surface area contributed by atoms with E-state index in [-0.39, 0.29) is 17.9 Å². The zero-order valence-electron chi connectivity index (χ0n) is 28.0. The van der Waals surface area contributed by atoms with Gasteiger partial charge in [0.25, 0.3) is 5.91 Å². The number of piperidine rings is 1. The predicted octanol–water partition coefficient (Wildman–Crippen LogP) is 5.88. The first kappa shape index (κ1) is 34.6. The number of nitrogens with one attached hydrogen (secondary N) is 2. The summed E-state index contributed by atoms with van der Waals surface area (Å²) in [7, 11) is 1.93. The molecule has 2 N–H and O–H groups in total. The highest BCUT2D eigenvalue weighted by atomic mass is 16.2. The van der Waals surface area contributed by atoms with Crippen molar-refractivity contribution in [2.75, 3.05) is 19.6 Å². The van der Waals surface area contributed by atoms with Gasteiger partial charge in [0, 0.05) is 42.1 Å². The number of carbonyl (C=O) groups excluding carboxylic acids is 2. The second-order valence-corrected chi connectivity index (χ2v) is 11.9. The molecule has 1 unspecified atom stereocenters. The van der Waals surface area contributed by atoms with Gasteiger partial charge >= 0.3 is 0 Å². The molecule has 1 aromatic rings. The highest BCUT2D eigenvalue weighted by Crippen LogP contribution is 2.26. The maximum Gasteiger partial charge on any atom is 0.257 e. The number of aryl methyl sites for hydroxylation is 2. The van der Waals surface area contributed by atoms with Crippen molar-refractivity contribution in [1.82, 2.24) is 25.3 Å². The van der Waals surface area contributed by atoms with E-state index < -0.39 is 0 Å². The average molecular weight is 602 g/mol. The van der Waals surface area contributed by atoms with E-state index in [9.17, 15) is 9.59 Å². The van der Waals surface area contributed by atoms with Crippen molar-refractivity contribution in [3.05, 3.63) is 69.4 Å². The van der Waals surface area contributed by atoms with Gasteiger partial charge in [0.15, 0.2) is 0 Å². The van der Waals surface area contributed by atoms with Gasteiger partial charge in [-0.3, -0.25) is 29.2 Å². The smallest absolute Gasteiger partial charge is 0.257 e. The van der Waals surface area contributed by atoms with Gasteiger partial charge < -0.3 is 10.6 Å². The normalized spacial score (nSPS) is 21.7. The number of nitrogens with zero attached hydrogens (tertiary/aromatic N) is 5. The second kappa shape index (κ2) is 16.9. The minimum Gasteiger partial charge on any atom is -0.325 e. The molecule has 0 saturated carbocycles. The Morgan fingerprint density at radius 2 is 1.77 bits per heavy atom. The van der Waals surface area contributed by atoms with Gasteiger partial charge in [0.1, 0.15) is 0 Å². The Labute approximate surface area is 263 Å². The van der Waals surface area contributed by atoms with Crippen LogP contribution >= 0.6 is 0 Å². The van der Waals surface area contributed by atoms with Crippen molar-refractivity contribution >= 4 is 29.9 Å². The number of rotatable bonds is 11. The quantitative estimate of drug-likeness (QED) is 0.309. The second-order valence-electron chi connectivity index (χ2n) is 11.9. The molecule has 2 amide bonds. The Kier molecular flexibility index (Phi) is 13.3. The first-order chi connectivity index (χ1) is 21.0. The molecular weight excluding hydrogens is 550 g/mol. The summed E-state index contributed by atoms with van der Waals surface area (Å²) in [5, 5.41) is 10.7. The van der Waals surface area contributed by atoms with Gasteiger partial charge in [-0.1, -0.05) is 38.3 Å². The van der Waals surface area contributed by atoms with Crippen molar-refractivity contribution in [2.24, 2.45) is 17.0 Å². The number of hydrogen-bond acceptors (Lipinski definition) is 6. The molecule has 1 fully saturated rings. The molecule has 2 aliphatic heterocycles. The van der Waals surface area contributed by atoms with Crippen molar-refractivity contribution in [1.29, 1.82) is 0 Å². The van der Waals surface area contributed by atoms with Gasteiger partial charge in [-0.2, -0.15) is 5.10 Å². The van der Waals surface area contributed by atoms with Crippen LogP contribution < -0.4 is 10.6 Å². The fourth-order valence-electron chi connectivity index (χ4n) is 5.20. The number of aromatic nitrogens is 2. The summed E-state index contributed by atoms with van der Waals surface area (Å²) >= 11 is 0. The molecule has 3 rings (SSSR count). The minimum absolute atomic E-state index is 0.0510. The van der Waals surface area contributed by atoms with E-state index >= 15 is 0 Å². The fraction of sp³-hybridized carbons (Fsp3) is 0.514. The lowest BCUT2D eigenvalue weighted by Gasteiger charge is -2.25. The monoisotopic (exact) mass is 601 g/mol. The molecule has 9 nitrogen and oxygen atoms in total. The predicted molar refractivity (Wildman–Crippen MR) is 182 cm³/mol. The Hall–Kier alpha value is -3.85. The van der Waals surface area contributed by atoms with Crippen LogP contribution in [0.5, 0.6) is 0 Å². The Bertz CT molecular complexity index is 1410. The number of aliphatic imine (C=N–C) groups is 2. The number of likely N-dealkylation sites (tertiary alicyclic amines) is 1. The zero-order chi connectivity index (χ0) is 32.2. The Balaban J connectivity index is 1.89. The van der Waals surface area contributed by atoms with Crippen LogP contribution in [0.1, 0.15) is 90.1 Å². The number of carbonyl (C=O) groups is 2. The summed E-state index contributed by atoms with van der Waals surface area (Å²) in [6, 6.07) is -0.150. The van der Waals surface area contributed by atoms with E-state index in [0.717, 1.165) is 73.4 Å². The number of hydrogen-bond donors (Lipinski definition) is 2. The summed E-state index contributed by atoms with van der Waals surface area (Å²) in [6.45, 7) is 16.2. The van der Waals surface area contributed by atoms with Crippen LogP contribution in [0.2, 0.25) is 0 Å². The molecule has 44 heavy (non-hydrogen) atoms. The molecule has 0 bridgehead atoms. The number of allylic oxidation sites excluding steroid dienone is 5. The molecule has 9 heteroatoms. The molecule has 2 aliphatic rings. The number of unbranched alkanes of at least 4 members (excludes halogenated alkanes) is 1. The lowest BCUT2D eigenvalue weighted by Crippen LogP contribution is -2.39. The topological polar surface area (TPSA) is 104 Å². The first-order valence-electron chi connectivity index (χ1n) is 15.9. The SMILES string of the molecule is CCC/C=C/C(=C\C(NC(=O)\C1=C(C)/C=N\C(c2c(C)nn(C)c2C)=C/C(CC)N=C1)=C(C)C)NC(=O)CN1CCCCC1. The van der Waals surface area contributed by atoms with Crippen LogP contribution in [0, 0.1) is 13.8 Å². The Morgan fingerprint density at radius 1 is 1.05 bits per heavy atom. The molecule has 1 saturated heterocycles. The highest BCUT2D eigenvalue weighted by molar-refractivity contribution is 6.17. The van der Waals surface area contributed by atoms with Crippen LogP contribution in [0.15, 0.2) is 62.4 Å². The third-order valence-corrected chi connectivity index (χ3v) is 7.93. The van der Waals surface area contributed by atoms with Gasteiger partial charge in [-0.05, 0) is 97.2 Å². The highest BCUT2D eigenvalue weighted by Gasteiger charge is 2.19. The van der Waals surface area contributed by atoms with E-state index in [2.05, 4.69) is 34.5 Å². The van der Waals surface area contributed by atoms with E-state index in [0.29, 0.717) is 29.1 Å².